The lowest BCUT2D eigenvalue weighted by Gasteiger charge is -2.12. The number of methoxy groups -OCH3 is 1. The molecule has 6 heteroatoms. The van der Waals surface area contributed by atoms with E-state index in [-0.39, 0.29) is 5.97 Å². The van der Waals surface area contributed by atoms with Gasteiger partial charge in [-0.25, -0.2) is 0 Å². The third-order valence-corrected chi connectivity index (χ3v) is 3.00. The Kier molecular flexibility index (Phi) is 8.30. The molecule has 0 bridgehead atoms. The molecule has 0 aliphatic heterocycles. The summed E-state index contributed by atoms with van der Waals surface area (Å²) in [6.45, 7) is 6.93. The van der Waals surface area contributed by atoms with E-state index in [1.165, 1.54) is 7.11 Å². The Morgan fingerprint density at radius 2 is 1.62 bits per heavy atom. The number of hydrogen-bond donors (Lipinski definition) is 1. The van der Waals surface area contributed by atoms with Gasteiger partial charge in [0.25, 0.3) is 0 Å². The summed E-state index contributed by atoms with van der Waals surface area (Å²) in [7, 11) is 1.37. The monoisotopic (exact) mass is 360 g/mol. The van der Waals surface area contributed by atoms with E-state index in [0.717, 1.165) is 0 Å². The lowest BCUT2D eigenvalue weighted by molar-refractivity contribution is -0.142. The average molecular weight is 362 g/mol. The summed E-state index contributed by atoms with van der Waals surface area (Å²) in [5, 5.41) is 8.39. The van der Waals surface area contributed by atoms with Crippen molar-refractivity contribution in [1.82, 2.24) is 0 Å². The van der Waals surface area contributed by atoms with Gasteiger partial charge in [-0.3, -0.25) is 9.59 Å². The van der Waals surface area contributed by atoms with E-state index in [1.807, 2.05) is 6.92 Å². The zero-order chi connectivity index (χ0) is 13.6. The van der Waals surface area contributed by atoms with E-state index in [2.05, 4.69) is 36.6 Å². The number of rotatable bonds is 3. The maximum atomic E-state index is 10.6. The number of ether oxygens (including phenoxy) is 1. The van der Waals surface area contributed by atoms with Gasteiger partial charge >= 0.3 is 11.9 Å². The Morgan fingerprint density at radius 1 is 1.25 bits per heavy atom. The molecular weight excluding hydrogens is 344 g/mol. The van der Waals surface area contributed by atoms with Crippen molar-refractivity contribution in [3.8, 4) is 0 Å². The highest BCUT2D eigenvalue weighted by Crippen LogP contribution is 2.20. The Labute approximate surface area is 113 Å². The van der Waals surface area contributed by atoms with Crippen LogP contribution in [0.4, 0.5) is 0 Å². The number of carbonyl (C=O) groups is 2. The van der Waals surface area contributed by atoms with Crippen molar-refractivity contribution in [2.24, 2.45) is 0 Å². The second kappa shape index (κ2) is 7.27. The highest BCUT2D eigenvalue weighted by Gasteiger charge is 2.26. The summed E-state index contributed by atoms with van der Waals surface area (Å²) in [6, 6.07) is 0. The number of carboxylic acids is 1. The first-order chi connectivity index (χ1) is 6.99. The molecule has 0 spiro atoms. The van der Waals surface area contributed by atoms with E-state index in [0.29, 0.717) is 6.42 Å². The normalized spacial score (nSPS) is 14.2. The number of aliphatic carboxylic acids is 1. The van der Waals surface area contributed by atoms with Crippen molar-refractivity contribution in [2.75, 3.05) is 7.11 Å². The van der Waals surface area contributed by atoms with Crippen LogP contribution in [0.5, 0.6) is 0 Å². The first-order valence-corrected chi connectivity index (χ1v) is 6.27. The van der Waals surface area contributed by atoms with E-state index in [4.69, 9.17) is 5.11 Å². The molecular formula is C10H18Br2O4. The van der Waals surface area contributed by atoms with Gasteiger partial charge < -0.3 is 9.84 Å². The predicted molar refractivity (Wildman–Crippen MR) is 70.3 cm³/mol. The summed E-state index contributed by atoms with van der Waals surface area (Å²) < 4.78 is 3.16. The fraction of sp³-hybridized carbons (Fsp3) is 0.800. The minimum absolute atomic E-state index is 0.252. The van der Waals surface area contributed by atoms with Crippen molar-refractivity contribution < 1.29 is 19.4 Å². The molecule has 16 heavy (non-hydrogen) atoms. The van der Waals surface area contributed by atoms with Crippen LogP contribution in [-0.4, -0.2) is 32.8 Å². The predicted octanol–water partition coefficient (Wildman–Crippen LogP) is 2.97. The largest absolute Gasteiger partial charge is 0.480 e. The maximum Gasteiger partial charge on any atom is 0.322 e. The van der Waals surface area contributed by atoms with Crippen molar-refractivity contribution in [2.45, 2.75) is 42.8 Å². The number of esters is 1. The smallest absolute Gasteiger partial charge is 0.322 e. The van der Waals surface area contributed by atoms with E-state index in [1.54, 1.807) is 20.8 Å². The minimum atomic E-state index is -0.806. The Balaban J connectivity index is 0. The molecule has 0 rings (SSSR count). The molecule has 0 aliphatic rings. The van der Waals surface area contributed by atoms with Crippen LogP contribution >= 0.6 is 31.9 Å². The van der Waals surface area contributed by atoms with Crippen LogP contribution in [-0.2, 0) is 14.3 Å². The summed E-state index contributed by atoms with van der Waals surface area (Å²) >= 11 is 6.18. The van der Waals surface area contributed by atoms with E-state index in [9.17, 15) is 9.59 Å². The SMILES string of the molecule is CCC(C)(Br)C(=O)O.COC(=O)C(C)(C)Br. The summed E-state index contributed by atoms with van der Waals surface area (Å²) in [5.41, 5.74) is 0. The van der Waals surface area contributed by atoms with Crippen molar-refractivity contribution in [3.63, 3.8) is 0 Å². The highest BCUT2D eigenvalue weighted by atomic mass is 79.9. The molecule has 1 N–H and O–H groups in total. The third kappa shape index (κ3) is 8.10. The zero-order valence-electron chi connectivity index (χ0n) is 10.1. The molecule has 1 unspecified atom stereocenters. The standard InChI is InChI=1S/2C5H9BrO2/c1-5(2,6)4(7)8-3;1-3-5(2,6)4(7)8/h1-3H3;3H2,1-2H3,(H,7,8). The van der Waals surface area contributed by atoms with Gasteiger partial charge in [-0.2, -0.15) is 0 Å². The number of halogens is 2. The maximum absolute atomic E-state index is 10.6. The van der Waals surface area contributed by atoms with Gasteiger partial charge in [-0.15, -0.1) is 0 Å². The molecule has 0 fully saturated rings. The first-order valence-electron chi connectivity index (χ1n) is 4.68. The fourth-order valence-electron chi connectivity index (χ4n) is 0.394. The average Bonchev–Trinajstić information content (AvgIpc) is 2.15. The van der Waals surface area contributed by atoms with Crippen LogP contribution in [0, 0.1) is 0 Å². The lowest BCUT2D eigenvalue weighted by atomic mass is 10.1. The summed E-state index contributed by atoms with van der Waals surface area (Å²) in [6.07, 6.45) is 0.600. The highest BCUT2D eigenvalue weighted by molar-refractivity contribution is 9.10. The number of carbonyl (C=O) groups excluding carboxylic acids is 1. The zero-order valence-corrected chi connectivity index (χ0v) is 13.3. The second-order valence-electron chi connectivity index (χ2n) is 3.82. The van der Waals surface area contributed by atoms with Gasteiger partial charge in [0.2, 0.25) is 0 Å². The Hall–Kier alpha value is -0.100. The van der Waals surface area contributed by atoms with Gasteiger partial charge in [-0.05, 0) is 27.2 Å². The lowest BCUT2D eigenvalue weighted by Crippen LogP contribution is -2.26. The molecule has 0 saturated heterocycles. The van der Waals surface area contributed by atoms with Crippen molar-refractivity contribution in [1.29, 1.82) is 0 Å². The molecule has 0 aliphatic carbocycles. The van der Waals surface area contributed by atoms with Crippen LogP contribution in [0.2, 0.25) is 0 Å². The quantitative estimate of drug-likeness (QED) is 0.620. The topological polar surface area (TPSA) is 63.6 Å². The Bertz CT molecular complexity index is 244. The number of carboxylic acid groups (broad SMARTS) is 1. The molecule has 0 aromatic heterocycles. The molecule has 1 atom stereocenters. The molecule has 0 amide bonds. The van der Waals surface area contributed by atoms with E-state index < -0.39 is 14.6 Å². The van der Waals surface area contributed by atoms with Crippen molar-refractivity contribution >= 4 is 43.8 Å². The van der Waals surface area contributed by atoms with Crippen LogP contribution in [0.1, 0.15) is 34.1 Å². The molecule has 96 valence electrons. The summed E-state index contributed by atoms with van der Waals surface area (Å²) in [5.74, 6) is -1.06. The van der Waals surface area contributed by atoms with Gasteiger partial charge in [0.15, 0.2) is 0 Å². The van der Waals surface area contributed by atoms with Gasteiger partial charge in [0.1, 0.15) is 8.65 Å². The first kappa shape index (κ1) is 18.3. The minimum Gasteiger partial charge on any atom is -0.480 e. The van der Waals surface area contributed by atoms with Crippen LogP contribution in [0.3, 0.4) is 0 Å². The van der Waals surface area contributed by atoms with E-state index >= 15 is 0 Å². The van der Waals surface area contributed by atoms with Crippen LogP contribution in [0.25, 0.3) is 0 Å². The van der Waals surface area contributed by atoms with Gasteiger partial charge in [0, 0.05) is 0 Å². The number of hydrogen-bond acceptors (Lipinski definition) is 3. The Morgan fingerprint density at radius 3 is 1.62 bits per heavy atom. The molecule has 0 radical (unpaired) electrons. The van der Waals surface area contributed by atoms with Gasteiger partial charge in [-0.1, -0.05) is 38.8 Å². The molecule has 0 heterocycles. The van der Waals surface area contributed by atoms with Crippen LogP contribution in [0.15, 0.2) is 0 Å². The van der Waals surface area contributed by atoms with Crippen LogP contribution < -0.4 is 0 Å². The molecule has 0 aromatic carbocycles. The van der Waals surface area contributed by atoms with Crippen molar-refractivity contribution in [3.05, 3.63) is 0 Å². The summed E-state index contributed by atoms with van der Waals surface area (Å²) in [4.78, 5) is 20.8. The molecule has 0 saturated carbocycles. The van der Waals surface area contributed by atoms with Gasteiger partial charge in [0.05, 0.1) is 7.11 Å². The number of alkyl halides is 2. The molecule has 0 aromatic rings. The fourth-order valence-corrected chi connectivity index (χ4v) is 0.556. The third-order valence-electron chi connectivity index (χ3n) is 1.78. The molecule has 4 nitrogen and oxygen atoms in total. The second-order valence-corrected chi connectivity index (χ2v) is 7.55.